The molecule has 1 fully saturated rings. The van der Waals surface area contributed by atoms with Crippen LogP contribution in [0, 0.1) is 0 Å². The molecule has 1 unspecified atom stereocenters. The van der Waals surface area contributed by atoms with Gasteiger partial charge in [-0.25, -0.2) is 0 Å². The Morgan fingerprint density at radius 1 is 1.37 bits per heavy atom. The van der Waals surface area contributed by atoms with E-state index in [1.807, 2.05) is 0 Å². The van der Waals surface area contributed by atoms with Gasteiger partial charge in [-0.1, -0.05) is 13.0 Å². The molecule has 1 N–H and O–H groups in total. The Morgan fingerprint density at radius 2 is 2.11 bits per heavy atom. The molecule has 1 heterocycles. The Bertz CT molecular complexity index is 445. The summed E-state index contributed by atoms with van der Waals surface area (Å²) in [5, 5.41) is 9.30. The summed E-state index contributed by atoms with van der Waals surface area (Å²) in [5.74, 6) is -0.704. The van der Waals surface area contributed by atoms with Crippen molar-refractivity contribution in [3.05, 3.63) is 29.3 Å². The monoisotopic (exact) mass is 273 g/mol. The number of likely N-dealkylation sites (tertiary alicyclic amines) is 1. The lowest BCUT2D eigenvalue weighted by molar-refractivity contribution is -0.138. The van der Waals surface area contributed by atoms with Crippen molar-refractivity contribution in [3.8, 4) is 5.75 Å². The third-order valence-corrected chi connectivity index (χ3v) is 3.72. The second-order valence-corrected chi connectivity index (χ2v) is 5.02. The second-order valence-electron chi connectivity index (χ2n) is 5.02. The molecule has 1 saturated heterocycles. The Labute approximate surface area is 110 Å². The first-order chi connectivity index (χ1) is 8.91. The van der Waals surface area contributed by atoms with Crippen LogP contribution in [-0.4, -0.2) is 22.6 Å². The molecule has 2 nitrogen and oxygen atoms in total. The number of halogens is 3. The van der Waals surface area contributed by atoms with Crippen LogP contribution in [0.25, 0.3) is 0 Å². The third-order valence-electron chi connectivity index (χ3n) is 3.72. The molecule has 0 amide bonds. The number of hydrogen-bond donors (Lipinski definition) is 1. The molecule has 0 spiro atoms. The van der Waals surface area contributed by atoms with Crippen LogP contribution in [0.1, 0.15) is 37.3 Å². The first-order valence-corrected chi connectivity index (χ1v) is 6.55. The van der Waals surface area contributed by atoms with Crippen LogP contribution in [0.3, 0.4) is 0 Å². The van der Waals surface area contributed by atoms with Crippen LogP contribution < -0.4 is 0 Å². The van der Waals surface area contributed by atoms with E-state index in [0.717, 1.165) is 37.9 Å². The number of hydrogen-bond acceptors (Lipinski definition) is 2. The van der Waals surface area contributed by atoms with Gasteiger partial charge in [0.15, 0.2) is 0 Å². The van der Waals surface area contributed by atoms with E-state index in [4.69, 9.17) is 0 Å². The minimum atomic E-state index is -4.50. The highest BCUT2D eigenvalue weighted by Gasteiger charge is 2.34. The van der Waals surface area contributed by atoms with Crippen molar-refractivity contribution in [2.75, 3.05) is 6.54 Å². The molecule has 2 rings (SSSR count). The number of phenols is 1. The minimum absolute atomic E-state index is 0.461. The zero-order valence-corrected chi connectivity index (χ0v) is 10.9. The third kappa shape index (κ3) is 3.21. The highest BCUT2D eigenvalue weighted by Crippen LogP contribution is 2.36. The summed E-state index contributed by atoms with van der Waals surface area (Å²) in [6, 6.07) is 4.22. The van der Waals surface area contributed by atoms with Gasteiger partial charge in [-0.2, -0.15) is 13.2 Å². The van der Waals surface area contributed by atoms with Crippen molar-refractivity contribution in [2.24, 2.45) is 0 Å². The highest BCUT2D eigenvalue weighted by molar-refractivity contribution is 5.38. The standard InChI is InChI=1S/C14H18F3NO/c1-2-11-4-3-7-18(11)9-10-5-6-13(19)12(8-10)14(15,16)17/h5-6,8,11,19H,2-4,7,9H2,1H3. The first kappa shape index (κ1) is 14.2. The van der Waals surface area contributed by atoms with Gasteiger partial charge in [-0.05, 0) is 43.5 Å². The fraction of sp³-hybridized carbons (Fsp3) is 0.571. The topological polar surface area (TPSA) is 23.5 Å². The van der Waals surface area contributed by atoms with Gasteiger partial charge in [0, 0.05) is 12.6 Å². The predicted octanol–water partition coefficient (Wildman–Crippen LogP) is 3.79. The largest absolute Gasteiger partial charge is 0.507 e. The lowest BCUT2D eigenvalue weighted by Crippen LogP contribution is -2.28. The molecule has 1 aromatic rings. The average molecular weight is 273 g/mol. The van der Waals surface area contributed by atoms with Crippen molar-refractivity contribution >= 4 is 0 Å². The lowest BCUT2D eigenvalue weighted by Gasteiger charge is -2.23. The first-order valence-electron chi connectivity index (χ1n) is 6.55. The molecule has 1 atom stereocenters. The van der Waals surface area contributed by atoms with Gasteiger partial charge in [0.2, 0.25) is 0 Å². The van der Waals surface area contributed by atoms with Gasteiger partial charge in [0.25, 0.3) is 0 Å². The SMILES string of the molecule is CCC1CCCN1Cc1ccc(O)c(C(F)(F)F)c1. The van der Waals surface area contributed by atoms with Crippen molar-refractivity contribution < 1.29 is 18.3 Å². The van der Waals surface area contributed by atoms with Crippen LogP contribution in [0.5, 0.6) is 5.75 Å². The van der Waals surface area contributed by atoms with E-state index in [0.29, 0.717) is 18.2 Å². The second kappa shape index (κ2) is 5.41. The fourth-order valence-electron chi connectivity index (χ4n) is 2.71. The molecule has 0 saturated carbocycles. The Morgan fingerprint density at radius 3 is 2.74 bits per heavy atom. The molecule has 19 heavy (non-hydrogen) atoms. The number of nitrogens with zero attached hydrogens (tertiary/aromatic N) is 1. The summed E-state index contributed by atoms with van der Waals surface area (Å²) in [6.45, 7) is 3.55. The van der Waals surface area contributed by atoms with Crippen LogP contribution >= 0.6 is 0 Å². The highest BCUT2D eigenvalue weighted by atomic mass is 19.4. The normalized spacial score (nSPS) is 20.9. The van der Waals surface area contributed by atoms with E-state index < -0.39 is 17.5 Å². The summed E-state index contributed by atoms with van der Waals surface area (Å²) < 4.78 is 38.1. The Kier molecular flexibility index (Phi) is 4.04. The Hall–Kier alpha value is -1.23. The molecular weight excluding hydrogens is 255 g/mol. The zero-order chi connectivity index (χ0) is 14.0. The molecule has 1 aliphatic heterocycles. The van der Waals surface area contributed by atoms with E-state index >= 15 is 0 Å². The number of phenolic OH excluding ortho intramolecular Hbond substituents is 1. The van der Waals surface area contributed by atoms with Gasteiger partial charge in [-0.3, -0.25) is 4.90 Å². The molecule has 5 heteroatoms. The zero-order valence-electron chi connectivity index (χ0n) is 10.9. The Balaban J connectivity index is 2.17. The van der Waals surface area contributed by atoms with Crippen molar-refractivity contribution in [1.82, 2.24) is 4.90 Å². The predicted molar refractivity (Wildman–Crippen MR) is 66.8 cm³/mol. The summed E-state index contributed by atoms with van der Waals surface area (Å²) in [6.07, 6.45) is -1.27. The molecule has 1 aliphatic rings. The molecule has 0 aliphatic carbocycles. The summed E-state index contributed by atoms with van der Waals surface area (Å²) in [4.78, 5) is 2.21. The van der Waals surface area contributed by atoms with E-state index in [2.05, 4.69) is 11.8 Å². The summed E-state index contributed by atoms with van der Waals surface area (Å²) in [5.41, 5.74) is -0.345. The van der Waals surface area contributed by atoms with Gasteiger partial charge >= 0.3 is 6.18 Å². The van der Waals surface area contributed by atoms with Gasteiger partial charge in [0.1, 0.15) is 5.75 Å². The number of aromatic hydroxyl groups is 1. The van der Waals surface area contributed by atoms with Crippen LogP contribution in [0.2, 0.25) is 0 Å². The smallest absolute Gasteiger partial charge is 0.419 e. The molecule has 1 aromatic carbocycles. The maximum absolute atomic E-state index is 12.7. The average Bonchev–Trinajstić information content (AvgIpc) is 2.77. The minimum Gasteiger partial charge on any atom is -0.507 e. The lowest BCUT2D eigenvalue weighted by atomic mass is 10.1. The molecular formula is C14H18F3NO. The molecule has 0 bridgehead atoms. The maximum Gasteiger partial charge on any atom is 0.419 e. The van der Waals surface area contributed by atoms with Crippen molar-refractivity contribution in [2.45, 2.75) is 44.9 Å². The molecule has 106 valence electrons. The molecule has 0 aromatic heterocycles. The summed E-state index contributed by atoms with van der Waals surface area (Å²) in [7, 11) is 0. The quantitative estimate of drug-likeness (QED) is 0.905. The molecule has 0 radical (unpaired) electrons. The number of benzene rings is 1. The summed E-state index contributed by atoms with van der Waals surface area (Å²) >= 11 is 0. The van der Waals surface area contributed by atoms with Crippen LogP contribution in [0.4, 0.5) is 13.2 Å². The van der Waals surface area contributed by atoms with E-state index in [-0.39, 0.29) is 0 Å². The van der Waals surface area contributed by atoms with Crippen LogP contribution in [0.15, 0.2) is 18.2 Å². The van der Waals surface area contributed by atoms with Gasteiger partial charge in [0.05, 0.1) is 5.56 Å². The van der Waals surface area contributed by atoms with Crippen molar-refractivity contribution in [1.29, 1.82) is 0 Å². The maximum atomic E-state index is 12.7. The number of rotatable bonds is 3. The van der Waals surface area contributed by atoms with E-state index in [1.165, 1.54) is 0 Å². The number of alkyl halides is 3. The van der Waals surface area contributed by atoms with E-state index in [9.17, 15) is 18.3 Å². The fourth-order valence-corrected chi connectivity index (χ4v) is 2.71. The van der Waals surface area contributed by atoms with Gasteiger partial charge < -0.3 is 5.11 Å². The van der Waals surface area contributed by atoms with Crippen molar-refractivity contribution in [3.63, 3.8) is 0 Å². The van der Waals surface area contributed by atoms with Gasteiger partial charge in [-0.15, -0.1) is 0 Å². The van der Waals surface area contributed by atoms with E-state index in [1.54, 1.807) is 6.07 Å². The van der Waals surface area contributed by atoms with Crippen LogP contribution in [-0.2, 0) is 12.7 Å².